The molecule has 0 radical (unpaired) electrons. The molecule has 31 heavy (non-hydrogen) atoms. The van der Waals surface area contributed by atoms with Crippen LogP contribution in [0.2, 0.25) is 5.02 Å². The molecule has 3 heterocycles. The van der Waals surface area contributed by atoms with E-state index in [0.717, 1.165) is 77.0 Å². The normalized spacial score (nSPS) is 24.4. The van der Waals surface area contributed by atoms with E-state index in [2.05, 4.69) is 40.2 Å². The van der Waals surface area contributed by atoms with Crippen LogP contribution in [0.4, 0.5) is 0 Å². The van der Waals surface area contributed by atoms with Gasteiger partial charge in [0.25, 0.3) is 5.91 Å². The zero-order chi connectivity index (χ0) is 21.0. The van der Waals surface area contributed by atoms with Gasteiger partial charge in [-0.3, -0.25) is 4.79 Å². The molecule has 6 heteroatoms. The Morgan fingerprint density at radius 2 is 1.90 bits per heavy atom. The third-order valence-corrected chi connectivity index (χ3v) is 8.52. The summed E-state index contributed by atoms with van der Waals surface area (Å²) in [6, 6.07) is 14.6. The van der Waals surface area contributed by atoms with Crippen molar-refractivity contribution in [2.24, 2.45) is 4.99 Å². The fraction of sp³-hybridized carbons (Fsp3) is 0.360. The Kier molecular flexibility index (Phi) is 4.74. The number of hydrogen-bond acceptors (Lipinski definition) is 4. The van der Waals surface area contributed by atoms with Crippen molar-refractivity contribution in [1.29, 1.82) is 0 Å². The Morgan fingerprint density at radius 1 is 1.06 bits per heavy atom. The molecule has 4 aliphatic rings. The van der Waals surface area contributed by atoms with Crippen molar-refractivity contribution in [2.75, 3.05) is 13.1 Å². The highest BCUT2D eigenvalue weighted by atomic mass is 35.5. The zero-order valence-electron chi connectivity index (χ0n) is 17.2. The van der Waals surface area contributed by atoms with Crippen molar-refractivity contribution in [3.05, 3.63) is 74.6 Å². The van der Waals surface area contributed by atoms with E-state index in [1.807, 2.05) is 12.1 Å². The largest absolute Gasteiger partial charge is 0.365 e. The molecule has 0 atom stereocenters. The number of nitrogens with zero attached hydrogens (tertiary/aromatic N) is 2. The molecule has 0 saturated carbocycles. The van der Waals surface area contributed by atoms with Gasteiger partial charge in [-0.05, 0) is 77.8 Å². The first-order valence-electron chi connectivity index (χ1n) is 10.9. The number of allylic oxidation sites excluding steroid dienone is 1. The predicted octanol–water partition coefficient (Wildman–Crippen LogP) is 5.54. The lowest BCUT2D eigenvalue weighted by Crippen LogP contribution is -2.44. The first kappa shape index (κ1) is 19.6. The number of thioether (sulfide) groups is 1. The average Bonchev–Trinajstić information content (AvgIpc) is 3.36. The Balaban J connectivity index is 1.23. The summed E-state index contributed by atoms with van der Waals surface area (Å²) in [7, 11) is 0. The quantitative estimate of drug-likeness (QED) is 0.494. The van der Waals surface area contributed by atoms with Crippen LogP contribution in [0.5, 0.6) is 0 Å². The highest BCUT2D eigenvalue weighted by Crippen LogP contribution is 2.46. The van der Waals surface area contributed by atoms with Gasteiger partial charge in [0.1, 0.15) is 0 Å². The molecule has 0 N–H and O–H groups in total. The molecule has 1 saturated heterocycles. The summed E-state index contributed by atoms with van der Waals surface area (Å²) in [5.41, 5.74) is 5.86. The van der Waals surface area contributed by atoms with Crippen LogP contribution < -0.4 is 0 Å². The van der Waals surface area contributed by atoms with E-state index < -0.39 is 0 Å². The molecule has 1 aliphatic carbocycles. The molecular weight excluding hydrogens is 428 g/mol. The number of amides is 1. The number of likely N-dealkylation sites (tertiary alicyclic amines) is 1. The number of aliphatic imine (C=N–C) groups is 1. The van der Waals surface area contributed by atoms with E-state index in [0.29, 0.717) is 6.61 Å². The van der Waals surface area contributed by atoms with E-state index >= 15 is 0 Å². The van der Waals surface area contributed by atoms with E-state index in [1.165, 1.54) is 22.9 Å². The molecule has 3 aliphatic heterocycles. The first-order chi connectivity index (χ1) is 15.1. The molecule has 4 nitrogen and oxygen atoms in total. The fourth-order valence-corrected chi connectivity index (χ4v) is 6.75. The van der Waals surface area contributed by atoms with Gasteiger partial charge in [0.2, 0.25) is 0 Å². The SMILES string of the molecule is O=C1N=C(N2CCC3(CC2)OCc2ccccc23)S/C1=C1/CCCc2c(Cl)cccc21. The summed E-state index contributed by atoms with van der Waals surface area (Å²) in [4.78, 5) is 20.4. The van der Waals surface area contributed by atoms with Gasteiger partial charge in [0.15, 0.2) is 5.17 Å². The van der Waals surface area contributed by atoms with Crippen molar-refractivity contribution < 1.29 is 9.53 Å². The van der Waals surface area contributed by atoms with Gasteiger partial charge >= 0.3 is 0 Å². The average molecular weight is 451 g/mol. The molecule has 6 rings (SSSR count). The van der Waals surface area contributed by atoms with Gasteiger partial charge < -0.3 is 9.64 Å². The number of carbonyl (C=O) groups excluding carboxylic acids is 1. The maximum absolute atomic E-state index is 12.9. The summed E-state index contributed by atoms with van der Waals surface area (Å²) >= 11 is 7.97. The molecule has 1 spiro atoms. The second-order valence-electron chi connectivity index (χ2n) is 8.66. The second-order valence-corrected chi connectivity index (χ2v) is 10.0. The number of rotatable bonds is 0. The topological polar surface area (TPSA) is 41.9 Å². The van der Waals surface area contributed by atoms with Gasteiger partial charge in [-0.15, -0.1) is 0 Å². The summed E-state index contributed by atoms with van der Waals surface area (Å²) in [6.45, 7) is 2.39. The molecule has 158 valence electrons. The molecule has 2 aromatic carbocycles. The van der Waals surface area contributed by atoms with Crippen LogP contribution in [0.3, 0.4) is 0 Å². The maximum Gasteiger partial charge on any atom is 0.286 e. The summed E-state index contributed by atoms with van der Waals surface area (Å²) in [5.74, 6) is -0.106. The third-order valence-electron chi connectivity index (χ3n) is 7.01. The number of piperidine rings is 1. The Bertz CT molecular complexity index is 1150. The molecular formula is C25H23ClN2O2S. The summed E-state index contributed by atoms with van der Waals surface area (Å²) in [6.07, 6.45) is 4.72. The Morgan fingerprint density at radius 3 is 2.77 bits per heavy atom. The minimum absolute atomic E-state index is 0.106. The van der Waals surface area contributed by atoms with E-state index in [-0.39, 0.29) is 11.5 Å². The Hall–Kier alpha value is -2.08. The molecule has 2 aromatic rings. The number of ether oxygens (including phenoxy) is 1. The Labute approximate surface area is 191 Å². The van der Waals surface area contributed by atoms with Gasteiger partial charge in [-0.2, -0.15) is 4.99 Å². The first-order valence-corrected chi connectivity index (χ1v) is 12.1. The number of amidine groups is 1. The van der Waals surface area contributed by atoms with E-state index in [4.69, 9.17) is 16.3 Å². The van der Waals surface area contributed by atoms with E-state index in [9.17, 15) is 4.79 Å². The van der Waals surface area contributed by atoms with Crippen molar-refractivity contribution in [3.63, 3.8) is 0 Å². The molecule has 1 fully saturated rings. The molecule has 0 aromatic heterocycles. The molecule has 0 unspecified atom stereocenters. The minimum Gasteiger partial charge on any atom is -0.365 e. The minimum atomic E-state index is -0.179. The predicted molar refractivity (Wildman–Crippen MR) is 125 cm³/mol. The number of fused-ring (bicyclic) bond motifs is 3. The highest BCUT2D eigenvalue weighted by molar-refractivity contribution is 8.18. The van der Waals surface area contributed by atoms with Gasteiger partial charge in [0, 0.05) is 18.1 Å². The van der Waals surface area contributed by atoms with Crippen LogP contribution in [-0.4, -0.2) is 29.1 Å². The van der Waals surface area contributed by atoms with Crippen molar-refractivity contribution in [3.8, 4) is 0 Å². The number of carbonyl (C=O) groups is 1. The lowest BCUT2D eigenvalue weighted by Gasteiger charge is -2.39. The van der Waals surface area contributed by atoms with Crippen molar-refractivity contribution in [2.45, 2.75) is 44.3 Å². The molecule has 1 amide bonds. The third kappa shape index (κ3) is 3.17. The van der Waals surface area contributed by atoms with Crippen molar-refractivity contribution in [1.82, 2.24) is 4.90 Å². The van der Waals surface area contributed by atoms with Gasteiger partial charge in [-0.1, -0.05) is 48.0 Å². The van der Waals surface area contributed by atoms with Crippen LogP contribution >= 0.6 is 23.4 Å². The fourth-order valence-electron chi connectivity index (χ4n) is 5.39. The number of halogens is 1. The zero-order valence-corrected chi connectivity index (χ0v) is 18.8. The standard InChI is InChI=1S/C25H23ClN2O2S/c26-21-10-4-6-17-18(21)7-3-8-19(17)22-23(29)27-24(31-22)28-13-11-25(12-14-28)20-9-2-1-5-16(20)15-30-25/h1-2,4-6,9-10H,3,7-8,11-15H2/b22-19-. The monoisotopic (exact) mass is 450 g/mol. The van der Waals surface area contributed by atoms with Gasteiger partial charge in [-0.25, -0.2) is 0 Å². The van der Waals surface area contributed by atoms with Crippen LogP contribution in [0.25, 0.3) is 5.57 Å². The number of benzene rings is 2. The highest BCUT2D eigenvalue weighted by Gasteiger charge is 2.43. The van der Waals surface area contributed by atoms with Crippen molar-refractivity contribution >= 4 is 40.0 Å². The summed E-state index contributed by atoms with van der Waals surface area (Å²) < 4.78 is 6.29. The van der Waals surface area contributed by atoms with E-state index in [1.54, 1.807) is 0 Å². The van der Waals surface area contributed by atoms with Crippen LogP contribution in [0.15, 0.2) is 52.4 Å². The maximum atomic E-state index is 12.9. The lowest BCUT2D eigenvalue weighted by molar-refractivity contribution is -0.113. The lowest BCUT2D eigenvalue weighted by atomic mass is 9.84. The van der Waals surface area contributed by atoms with Crippen LogP contribution in [0.1, 0.15) is 47.9 Å². The van der Waals surface area contributed by atoms with Gasteiger partial charge in [0.05, 0.1) is 17.1 Å². The number of hydrogen-bond donors (Lipinski definition) is 0. The van der Waals surface area contributed by atoms with Crippen LogP contribution in [-0.2, 0) is 28.2 Å². The smallest absolute Gasteiger partial charge is 0.286 e. The molecule has 0 bridgehead atoms. The second kappa shape index (κ2) is 7.51. The summed E-state index contributed by atoms with van der Waals surface area (Å²) in [5, 5.41) is 1.63. The van der Waals surface area contributed by atoms with Crippen LogP contribution in [0, 0.1) is 0 Å².